The van der Waals surface area contributed by atoms with Crippen molar-refractivity contribution < 1.29 is 18.4 Å². The van der Waals surface area contributed by atoms with Gasteiger partial charge in [0.25, 0.3) is 0 Å². The summed E-state index contributed by atoms with van der Waals surface area (Å²) in [6.45, 7) is 0.151. The van der Waals surface area contributed by atoms with E-state index in [1.165, 1.54) is 35.2 Å². The fraction of sp³-hybridized carbons (Fsp3) is 0.211. The number of amides is 2. The van der Waals surface area contributed by atoms with Crippen LogP contribution in [0.1, 0.15) is 23.7 Å². The molecule has 4 rings (SSSR count). The summed E-state index contributed by atoms with van der Waals surface area (Å²) in [7, 11) is 1.58. The van der Waals surface area contributed by atoms with Crippen LogP contribution in [0, 0.1) is 11.6 Å². The van der Waals surface area contributed by atoms with Crippen LogP contribution in [0.5, 0.6) is 0 Å². The number of H-pyrrole nitrogens is 1. The van der Waals surface area contributed by atoms with Gasteiger partial charge in [0.05, 0.1) is 23.5 Å². The smallest absolute Gasteiger partial charge is 0.230 e. The molecule has 1 aromatic heterocycles. The second-order valence-electron chi connectivity index (χ2n) is 6.58. The zero-order chi connectivity index (χ0) is 19.1. The number of fused-ring (bicyclic) bond motifs is 2. The minimum atomic E-state index is -0.767. The van der Waals surface area contributed by atoms with Gasteiger partial charge in [0.1, 0.15) is 17.5 Å². The van der Waals surface area contributed by atoms with Gasteiger partial charge in [-0.15, -0.1) is 0 Å². The molecule has 8 heteroatoms. The second-order valence-corrected chi connectivity index (χ2v) is 6.58. The van der Waals surface area contributed by atoms with Gasteiger partial charge in [-0.05, 0) is 42.0 Å². The van der Waals surface area contributed by atoms with Crippen molar-refractivity contribution in [3.63, 3.8) is 0 Å². The summed E-state index contributed by atoms with van der Waals surface area (Å²) in [5, 5.41) is 2.65. The molecule has 0 radical (unpaired) electrons. The fourth-order valence-electron chi connectivity index (χ4n) is 3.33. The molecule has 138 valence electrons. The van der Waals surface area contributed by atoms with E-state index in [2.05, 4.69) is 15.3 Å². The van der Waals surface area contributed by atoms with Crippen molar-refractivity contribution in [2.75, 3.05) is 12.4 Å². The van der Waals surface area contributed by atoms with E-state index in [0.29, 0.717) is 28.1 Å². The first-order valence-electron chi connectivity index (χ1n) is 8.39. The van der Waals surface area contributed by atoms with E-state index in [0.717, 1.165) is 0 Å². The molecule has 6 nitrogen and oxygen atoms in total. The highest BCUT2D eigenvalue weighted by Crippen LogP contribution is 2.34. The third kappa shape index (κ3) is 3.25. The minimum absolute atomic E-state index is 0.0506. The summed E-state index contributed by atoms with van der Waals surface area (Å²) in [6, 6.07) is 8.16. The third-order valence-corrected chi connectivity index (χ3v) is 4.61. The second kappa shape index (κ2) is 6.46. The summed E-state index contributed by atoms with van der Waals surface area (Å²) in [4.78, 5) is 33.6. The molecule has 1 aliphatic rings. The molecule has 0 bridgehead atoms. The maximum Gasteiger partial charge on any atom is 0.230 e. The first-order valence-corrected chi connectivity index (χ1v) is 8.39. The Morgan fingerprint density at radius 1 is 1.22 bits per heavy atom. The van der Waals surface area contributed by atoms with Gasteiger partial charge in [0.2, 0.25) is 11.8 Å². The predicted octanol–water partition coefficient (Wildman–Crippen LogP) is 2.93. The molecule has 2 aromatic carbocycles. The number of nitrogens with zero attached hydrogens (tertiary/aromatic N) is 2. The van der Waals surface area contributed by atoms with Crippen LogP contribution in [0.15, 0.2) is 36.4 Å². The Bertz CT molecular complexity index is 1060. The van der Waals surface area contributed by atoms with Gasteiger partial charge in [-0.2, -0.15) is 0 Å². The van der Waals surface area contributed by atoms with E-state index in [1.807, 2.05) is 0 Å². The van der Waals surface area contributed by atoms with Crippen LogP contribution in [-0.4, -0.2) is 33.7 Å². The molecule has 0 unspecified atom stereocenters. The Kier molecular flexibility index (Phi) is 4.10. The predicted molar refractivity (Wildman–Crippen MR) is 94.9 cm³/mol. The van der Waals surface area contributed by atoms with E-state index < -0.39 is 11.7 Å². The molecular weight excluding hydrogens is 354 g/mol. The highest BCUT2D eigenvalue weighted by atomic mass is 19.1. The number of anilines is 1. The van der Waals surface area contributed by atoms with Gasteiger partial charge in [-0.25, -0.2) is 13.8 Å². The first kappa shape index (κ1) is 17.1. The number of rotatable bonds is 3. The number of hydrogen-bond acceptors (Lipinski definition) is 3. The Labute approximate surface area is 153 Å². The topological polar surface area (TPSA) is 78.1 Å². The lowest BCUT2D eigenvalue weighted by molar-refractivity contribution is -0.134. The minimum Gasteiger partial charge on any atom is -0.340 e. The van der Waals surface area contributed by atoms with Crippen LogP contribution in [0.4, 0.5) is 14.5 Å². The lowest BCUT2D eigenvalue weighted by atomic mass is 9.89. The van der Waals surface area contributed by atoms with Crippen LogP contribution in [0.25, 0.3) is 11.0 Å². The quantitative estimate of drug-likeness (QED) is 0.744. The number of hydrogen-bond donors (Lipinski definition) is 2. The molecule has 0 saturated carbocycles. The normalized spacial score (nSPS) is 16.1. The molecule has 0 spiro atoms. The van der Waals surface area contributed by atoms with Gasteiger partial charge in [-0.3, -0.25) is 9.59 Å². The largest absolute Gasteiger partial charge is 0.340 e. The molecule has 2 amide bonds. The highest BCUT2D eigenvalue weighted by molar-refractivity contribution is 6.01. The van der Waals surface area contributed by atoms with Crippen LogP contribution in [0.2, 0.25) is 0 Å². The van der Waals surface area contributed by atoms with Gasteiger partial charge in [0, 0.05) is 19.2 Å². The molecule has 0 saturated heterocycles. The van der Waals surface area contributed by atoms with Gasteiger partial charge < -0.3 is 15.2 Å². The van der Waals surface area contributed by atoms with E-state index in [1.54, 1.807) is 13.1 Å². The van der Waals surface area contributed by atoms with Crippen LogP contribution in [0.3, 0.4) is 0 Å². The standard InChI is InChI=1S/C19H16F2N4O2/c1-25(9-17-22-15-5-3-11(21)7-16(15)23-17)19(27)13-8-18(26)24-14-4-2-10(20)6-12(13)14/h2-7,13H,8-9H2,1H3,(H,22,23)(H,24,26)/t13-/m0/s1. The van der Waals surface area contributed by atoms with E-state index >= 15 is 0 Å². The number of likely N-dealkylation sites (N-methyl/N-ethyl adjacent to an activating group) is 1. The number of aromatic amines is 1. The number of carbonyl (C=O) groups excluding carboxylic acids is 2. The summed E-state index contributed by atoms with van der Waals surface area (Å²) < 4.78 is 27.0. The van der Waals surface area contributed by atoms with Gasteiger partial charge >= 0.3 is 0 Å². The fourth-order valence-corrected chi connectivity index (χ4v) is 3.33. The zero-order valence-corrected chi connectivity index (χ0v) is 14.4. The third-order valence-electron chi connectivity index (χ3n) is 4.61. The number of nitrogens with one attached hydrogen (secondary N) is 2. The first-order chi connectivity index (χ1) is 12.9. The highest BCUT2D eigenvalue weighted by Gasteiger charge is 2.33. The average molecular weight is 370 g/mol. The monoisotopic (exact) mass is 370 g/mol. The Morgan fingerprint density at radius 3 is 2.78 bits per heavy atom. The average Bonchev–Trinajstić information content (AvgIpc) is 3.02. The molecule has 1 atom stereocenters. The molecule has 0 fully saturated rings. The lowest BCUT2D eigenvalue weighted by Gasteiger charge is -2.28. The summed E-state index contributed by atoms with van der Waals surface area (Å²) in [6.07, 6.45) is -0.0506. The Balaban J connectivity index is 1.58. The van der Waals surface area contributed by atoms with Crippen molar-refractivity contribution in [3.8, 4) is 0 Å². The van der Waals surface area contributed by atoms with Crippen molar-refractivity contribution in [1.82, 2.24) is 14.9 Å². The molecule has 2 N–H and O–H groups in total. The van der Waals surface area contributed by atoms with Crippen molar-refractivity contribution in [2.24, 2.45) is 0 Å². The number of benzene rings is 2. The summed E-state index contributed by atoms with van der Waals surface area (Å²) in [5.41, 5.74) is 2.03. The number of imidazole rings is 1. The number of carbonyl (C=O) groups is 2. The van der Waals surface area contributed by atoms with Gasteiger partial charge in [0.15, 0.2) is 0 Å². The van der Waals surface area contributed by atoms with Crippen molar-refractivity contribution in [1.29, 1.82) is 0 Å². The molecule has 3 aromatic rings. The van der Waals surface area contributed by atoms with Crippen molar-refractivity contribution in [2.45, 2.75) is 18.9 Å². The lowest BCUT2D eigenvalue weighted by Crippen LogP contribution is -2.36. The Hall–Kier alpha value is -3.29. The van der Waals surface area contributed by atoms with Crippen molar-refractivity contribution in [3.05, 3.63) is 59.4 Å². The van der Waals surface area contributed by atoms with Gasteiger partial charge in [-0.1, -0.05) is 0 Å². The molecule has 27 heavy (non-hydrogen) atoms. The molecule has 2 heterocycles. The van der Waals surface area contributed by atoms with E-state index in [4.69, 9.17) is 0 Å². The van der Waals surface area contributed by atoms with E-state index in [-0.39, 0.29) is 30.6 Å². The van der Waals surface area contributed by atoms with Crippen LogP contribution >= 0.6 is 0 Å². The zero-order valence-electron chi connectivity index (χ0n) is 14.4. The summed E-state index contributed by atoms with van der Waals surface area (Å²) in [5.74, 6) is -1.73. The number of aromatic nitrogens is 2. The van der Waals surface area contributed by atoms with Crippen molar-refractivity contribution >= 4 is 28.5 Å². The Morgan fingerprint density at radius 2 is 1.96 bits per heavy atom. The van der Waals surface area contributed by atoms with E-state index in [9.17, 15) is 18.4 Å². The maximum absolute atomic E-state index is 13.6. The van der Waals surface area contributed by atoms with Crippen LogP contribution < -0.4 is 5.32 Å². The van der Waals surface area contributed by atoms with Crippen LogP contribution in [-0.2, 0) is 16.1 Å². The number of halogens is 2. The molecule has 1 aliphatic heterocycles. The SMILES string of the molecule is CN(Cc1nc2ccc(F)cc2[nH]1)C(=O)[C@H]1CC(=O)Nc2ccc(F)cc21. The molecular formula is C19H16F2N4O2. The maximum atomic E-state index is 13.6. The summed E-state index contributed by atoms with van der Waals surface area (Å²) >= 11 is 0. The molecule has 0 aliphatic carbocycles.